The number of anilines is 1. The van der Waals surface area contributed by atoms with Crippen molar-refractivity contribution in [1.82, 2.24) is 15.0 Å². The molecular formula is C27H27F3N4O5S. The number of imide groups is 1. The van der Waals surface area contributed by atoms with Gasteiger partial charge < -0.3 is 13.9 Å². The molecule has 0 aliphatic rings. The predicted octanol–water partition coefficient (Wildman–Crippen LogP) is 7.69. The maximum atomic E-state index is 14.3. The second-order valence-corrected chi connectivity index (χ2v) is 11.8. The van der Waals surface area contributed by atoms with Crippen LogP contribution in [0.15, 0.2) is 40.9 Å². The Morgan fingerprint density at radius 1 is 1.02 bits per heavy atom. The van der Waals surface area contributed by atoms with Gasteiger partial charge in [-0.05, 0) is 71.9 Å². The highest BCUT2D eigenvalue weighted by molar-refractivity contribution is 7.18. The van der Waals surface area contributed by atoms with Gasteiger partial charge in [-0.3, -0.25) is 4.98 Å². The molecule has 0 spiro atoms. The highest BCUT2D eigenvalue weighted by atomic mass is 32.1. The standard InChI is InChI=1S/C27H27F3N4O5S/c1-26(2,3)38-24(35)34(25(36)39-27(4,5)6)22-15-12-14(13-17-16(28)8-7-11-31-17)40-23(15)33-21(32-22)19-10-9-18(37-19)20(29)30/h7-12,20H,13H2,1-6H3. The molecule has 4 aromatic rings. The number of carbonyl (C=O) groups is 2. The first kappa shape index (κ1) is 29.0. The summed E-state index contributed by atoms with van der Waals surface area (Å²) in [4.78, 5) is 41.1. The minimum absolute atomic E-state index is 0.0810. The van der Waals surface area contributed by atoms with Gasteiger partial charge in [-0.25, -0.2) is 32.7 Å². The molecule has 2 amide bonds. The number of alkyl halides is 2. The van der Waals surface area contributed by atoms with Crippen LogP contribution < -0.4 is 4.90 Å². The average Bonchev–Trinajstić information content (AvgIpc) is 3.45. The fourth-order valence-electron chi connectivity index (χ4n) is 3.49. The Morgan fingerprint density at radius 2 is 1.68 bits per heavy atom. The van der Waals surface area contributed by atoms with E-state index in [9.17, 15) is 22.8 Å². The van der Waals surface area contributed by atoms with Crippen LogP contribution in [0.5, 0.6) is 0 Å². The lowest BCUT2D eigenvalue weighted by molar-refractivity contribution is 0.0429. The van der Waals surface area contributed by atoms with Gasteiger partial charge >= 0.3 is 12.2 Å². The number of aromatic nitrogens is 3. The van der Waals surface area contributed by atoms with E-state index >= 15 is 0 Å². The summed E-state index contributed by atoms with van der Waals surface area (Å²) in [5, 5.41) is 0.248. The predicted molar refractivity (Wildman–Crippen MR) is 142 cm³/mol. The van der Waals surface area contributed by atoms with Crippen LogP contribution in [0.3, 0.4) is 0 Å². The van der Waals surface area contributed by atoms with Gasteiger partial charge in [0.05, 0.1) is 11.1 Å². The quantitative estimate of drug-likeness (QED) is 0.238. The van der Waals surface area contributed by atoms with E-state index < -0.39 is 41.4 Å². The minimum Gasteiger partial charge on any atom is -0.452 e. The summed E-state index contributed by atoms with van der Waals surface area (Å²) in [5.41, 5.74) is -1.81. The topological polar surface area (TPSA) is 108 Å². The Labute approximate surface area is 232 Å². The van der Waals surface area contributed by atoms with Gasteiger partial charge in [-0.1, -0.05) is 0 Å². The lowest BCUT2D eigenvalue weighted by atomic mass is 10.2. The normalized spacial score (nSPS) is 12.2. The maximum absolute atomic E-state index is 14.3. The second-order valence-electron chi connectivity index (χ2n) is 10.7. The Kier molecular flexibility index (Phi) is 7.88. The summed E-state index contributed by atoms with van der Waals surface area (Å²) in [6, 6.07) is 6.69. The molecule has 0 unspecified atom stereocenters. The van der Waals surface area contributed by atoms with Crippen molar-refractivity contribution in [1.29, 1.82) is 0 Å². The number of fused-ring (bicyclic) bond motifs is 1. The second kappa shape index (κ2) is 10.9. The molecule has 0 fully saturated rings. The van der Waals surface area contributed by atoms with Gasteiger partial charge in [0.15, 0.2) is 23.2 Å². The van der Waals surface area contributed by atoms with Crippen molar-refractivity contribution in [2.24, 2.45) is 0 Å². The van der Waals surface area contributed by atoms with Gasteiger partial charge in [-0.2, -0.15) is 4.90 Å². The number of halogens is 3. The molecule has 0 aliphatic carbocycles. The first-order valence-electron chi connectivity index (χ1n) is 12.2. The molecule has 0 aliphatic heterocycles. The highest BCUT2D eigenvalue weighted by Gasteiger charge is 2.36. The molecule has 0 N–H and O–H groups in total. The van der Waals surface area contributed by atoms with Crippen molar-refractivity contribution >= 4 is 39.6 Å². The molecule has 0 atom stereocenters. The summed E-state index contributed by atoms with van der Waals surface area (Å²) in [6.45, 7) is 9.74. The molecule has 13 heteroatoms. The maximum Gasteiger partial charge on any atom is 0.425 e. The van der Waals surface area contributed by atoms with Crippen LogP contribution in [0.25, 0.3) is 21.8 Å². The molecule has 0 aromatic carbocycles. The molecule has 0 bridgehead atoms. The lowest BCUT2D eigenvalue weighted by Gasteiger charge is -2.28. The van der Waals surface area contributed by atoms with Crippen LogP contribution in [0.1, 0.15) is 64.3 Å². The third kappa shape index (κ3) is 6.76. The van der Waals surface area contributed by atoms with Crippen LogP contribution >= 0.6 is 11.3 Å². The number of carbonyl (C=O) groups excluding carboxylic acids is 2. The molecule has 4 rings (SSSR count). The van der Waals surface area contributed by atoms with Crippen LogP contribution in [-0.4, -0.2) is 38.3 Å². The minimum atomic E-state index is -2.88. The smallest absolute Gasteiger partial charge is 0.425 e. The van der Waals surface area contributed by atoms with E-state index in [0.29, 0.717) is 9.78 Å². The molecule has 9 nitrogen and oxygen atoms in total. The first-order valence-corrected chi connectivity index (χ1v) is 13.0. The fourth-order valence-corrected chi connectivity index (χ4v) is 4.52. The summed E-state index contributed by atoms with van der Waals surface area (Å²) < 4.78 is 57.0. The summed E-state index contributed by atoms with van der Waals surface area (Å²) in [6.07, 6.45) is -3.50. The summed E-state index contributed by atoms with van der Waals surface area (Å²) in [7, 11) is 0. The molecule has 0 saturated carbocycles. The zero-order valence-electron chi connectivity index (χ0n) is 22.6. The summed E-state index contributed by atoms with van der Waals surface area (Å²) >= 11 is 1.13. The number of hydrogen-bond acceptors (Lipinski definition) is 9. The van der Waals surface area contributed by atoms with Crippen LogP contribution in [0.4, 0.5) is 28.6 Å². The van der Waals surface area contributed by atoms with Gasteiger partial charge in [0.2, 0.25) is 0 Å². The van der Waals surface area contributed by atoms with E-state index in [4.69, 9.17) is 13.9 Å². The third-order valence-corrected chi connectivity index (χ3v) is 6.06. The highest BCUT2D eigenvalue weighted by Crippen LogP contribution is 2.36. The number of nitrogens with zero attached hydrogens (tertiary/aromatic N) is 4. The van der Waals surface area contributed by atoms with E-state index in [1.807, 2.05) is 0 Å². The number of furan rings is 1. The monoisotopic (exact) mass is 576 g/mol. The van der Waals surface area contributed by atoms with Gasteiger partial charge in [-0.15, -0.1) is 11.3 Å². The van der Waals surface area contributed by atoms with Crippen LogP contribution in [0.2, 0.25) is 0 Å². The molecule has 0 saturated heterocycles. The van der Waals surface area contributed by atoms with Crippen LogP contribution in [-0.2, 0) is 15.9 Å². The number of thiophene rings is 1. The van der Waals surface area contributed by atoms with Gasteiger partial charge in [0.1, 0.15) is 21.8 Å². The summed E-state index contributed by atoms with van der Waals surface area (Å²) in [5.74, 6) is -1.61. The Bertz CT molecular complexity index is 1530. The molecule has 40 heavy (non-hydrogen) atoms. The Morgan fingerprint density at radius 3 is 2.23 bits per heavy atom. The first-order chi connectivity index (χ1) is 18.6. The van der Waals surface area contributed by atoms with E-state index in [1.165, 1.54) is 24.4 Å². The van der Waals surface area contributed by atoms with Crippen molar-refractivity contribution in [2.75, 3.05) is 4.90 Å². The van der Waals surface area contributed by atoms with E-state index in [0.717, 1.165) is 17.4 Å². The van der Waals surface area contributed by atoms with Crippen molar-refractivity contribution in [3.05, 3.63) is 58.7 Å². The van der Waals surface area contributed by atoms with Crippen molar-refractivity contribution < 1.29 is 36.7 Å². The molecule has 0 radical (unpaired) electrons. The third-order valence-electron chi connectivity index (χ3n) is 5.03. The zero-order valence-corrected chi connectivity index (χ0v) is 23.4. The van der Waals surface area contributed by atoms with Crippen molar-refractivity contribution in [3.63, 3.8) is 0 Å². The van der Waals surface area contributed by atoms with E-state index in [1.54, 1.807) is 47.6 Å². The number of amides is 2. The largest absolute Gasteiger partial charge is 0.452 e. The average molecular weight is 577 g/mol. The van der Waals surface area contributed by atoms with E-state index in [-0.39, 0.29) is 39.7 Å². The fraction of sp³-hybridized carbons (Fsp3) is 0.370. The number of pyridine rings is 1. The number of hydrogen-bond donors (Lipinski definition) is 0. The van der Waals surface area contributed by atoms with Crippen molar-refractivity contribution in [3.8, 4) is 11.6 Å². The number of ether oxygens (including phenoxy) is 2. The Hall–Kier alpha value is -4.00. The Balaban J connectivity index is 1.92. The molecular weight excluding hydrogens is 549 g/mol. The van der Waals surface area contributed by atoms with Crippen molar-refractivity contribution in [2.45, 2.75) is 65.6 Å². The molecule has 212 valence electrons. The van der Waals surface area contributed by atoms with Gasteiger partial charge in [0, 0.05) is 17.5 Å². The zero-order chi connectivity index (χ0) is 29.4. The lowest BCUT2D eigenvalue weighted by Crippen LogP contribution is -2.44. The molecule has 4 aromatic heterocycles. The van der Waals surface area contributed by atoms with Crippen LogP contribution in [0, 0.1) is 5.82 Å². The molecule has 4 heterocycles. The van der Waals surface area contributed by atoms with Gasteiger partial charge in [0.25, 0.3) is 6.43 Å². The number of rotatable bonds is 5. The SMILES string of the molecule is CC(C)(C)OC(=O)N(C(=O)OC(C)(C)C)c1nc(-c2ccc(C(F)F)o2)nc2sc(Cc3ncccc3F)cc12. The van der Waals surface area contributed by atoms with E-state index in [2.05, 4.69) is 15.0 Å².